The van der Waals surface area contributed by atoms with E-state index in [1.54, 1.807) is 0 Å². The van der Waals surface area contributed by atoms with Gasteiger partial charge >= 0.3 is 0 Å². The number of aliphatic hydroxyl groups excluding tert-OH is 1. The fourth-order valence-corrected chi connectivity index (χ4v) is 3.57. The largest absolute Gasteiger partial charge is 0.393 e. The van der Waals surface area contributed by atoms with Crippen molar-refractivity contribution in [1.82, 2.24) is 15.5 Å². The van der Waals surface area contributed by atoms with Crippen LogP contribution in [0.3, 0.4) is 0 Å². The summed E-state index contributed by atoms with van der Waals surface area (Å²) in [5.41, 5.74) is 4.76. The first kappa shape index (κ1) is 18.0. The van der Waals surface area contributed by atoms with Crippen LogP contribution in [0, 0.1) is 6.92 Å². The molecule has 5 nitrogen and oxygen atoms in total. The van der Waals surface area contributed by atoms with Gasteiger partial charge in [0.05, 0.1) is 11.8 Å². The maximum atomic E-state index is 9.64. The molecule has 0 amide bonds. The first-order valence-corrected chi connectivity index (χ1v) is 9.31. The lowest BCUT2D eigenvalue weighted by Crippen LogP contribution is -2.35. The molecular formula is C20H30N4O. The van der Waals surface area contributed by atoms with E-state index in [2.05, 4.69) is 64.6 Å². The Morgan fingerprint density at radius 1 is 1.24 bits per heavy atom. The van der Waals surface area contributed by atoms with E-state index in [1.807, 2.05) is 6.92 Å². The molecule has 25 heavy (non-hydrogen) atoms. The zero-order valence-electron chi connectivity index (χ0n) is 15.5. The molecule has 0 radical (unpaired) electrons. The van der Waals surface area contributed by atoms with E-state index >= 15 is 0 Å². The summed E-state index contributed by atoms with van der Waals surface area (Å²) in [6.07, 6.45) is 2.52. The van der Waals surface area contributed by atoms with Gasteiger partial charge in [-0.15, -0.1) is 0 Å². The second kappa shape index (κ2) is 8.02. The molecule has 5 heteroatoms. The van der Waals surface area contributed by atoms with Gasteiger partial charge in [-0.3, -0.25) is 5.10 Å². The van der Waals surface area contributed by atoms with Gasteiger partial charge in [-0.2, -0.15) is 5.10 Å². The molecule has 136 valence electrons. The first-order valence-electron chi connectivity index (χ1n) is 9.31. The van der Waals surface area contributed by atoms with Crippen LogP contribution < -0.4 is 10.2 Å². The summed E-state index contributed by atoms with van der Waals surface area (Å²) in [5, 5.41) is 20.6. The molecule has 1 aliphatic heterocycles. The van der Waals surface area contributed by atoms with Crippen molar-refractivity contribution in [3.05, 3.63) is 47.3 Å². The standard InChI is InChI=1S/C20H30N4O/c1-14(12-18-13-15(2)22-23-18)21-16(3)17-4-6-19(7-5-17)24-10-8-20(25)9-11-24/h4-7,13-14,16,20-21,25H,8-12H2,1-3H3,(H,22,23). The predicted octanol–water partition coefficient (Wildman–Crippen LogP) is 2.96. The highest BCUT2D eigenvalue weighted by Crippen LogP contribution is 2.23. The molecular weight excluding hydrogens is 312 g/mol. The molecule has 2 unspecified atom stereocenters. The molecule has 3 rings (SSSR count). The lowest BCUT2D eigenvalue weighted by molar-refractivity contribution is 0.145. The van der Waals surface area contributed by atoms with Crippen molar-refractivity contribution in [3.8, 4) is 0 Å². The fraction of sp³-hybridized carbons (Fsp3) is 0.550. The van der Waals surface area contributed by atoms with Crippen LogP contribution in [0.4, 0.5) is 5.69 Å². The van der Waals surface area contributed by atoms with E-state index in [0.29, 0.717) is 12.1 Å². The van der Waals surface area contributed by atoms with Crippen LogP contribution in [0.1, 0.15) is 49.7 Å². The quantitative estimate of drug-likeness (QED) is 0.755. The van der Waals surface area contributed by atoms with Gasteiger partial charge in [-0.25, -0.2) is 0 Å². The van der Waals surface area contributed by atoms with Crippen molar-refractivity contribution >= 4 is 5.69 Å². The van der Waals surface area contributed by atoms with Gasteiger partial charge < -0.3 is 15.3 Å². The van der Waals surface area contributed by atoms with Crippen LogP contribution in [0.25, 0.3) is 0 Å². The Hall–Kier alpha value is -1.85. The molecule has 1 aliphatic rings. The van der Waals surface area contributed by atoms with E-state index in [-0.39, 0.29) is 6.10 Å². The van der Waals surface area contributed by atoms with Crippen molar-refractivity contribution in [2.45, 2.75) is 58.2 Å². The van der Waals surface area contributed by atoms with E-state index in [0.717, 1.165) is 43.7 Å². The molecule has 3 N–H and O–H groups in total. The Bertz CT molecular complexity index is 659. The molecule has 0 saturated carbocycles. The van der Waals surface area contributed by atoms with Crippen LogP contribution >= 0.6 is 0 Å². The van der Waals surface area contributed by atoms with Crippen LogP contribution in [0.15, 0.2) is 30.3 Å². The van der Waals surface area contributed by atoms with Gasteiger partial charge in [-0.05, 0) is 57.4 Å². The minimum absolute atomic E-state index is 0.125. The second-order valence-electron chi connectivity index (χ2n) is 7.35. The number of nitrogens with one attached hydrogen (secondary N) is 2. The zero-order chi connectivity index (χ0) is 17.8. The molecule has 0 bridgehead atoms. The maximum absolute atomic E-state index is 9.64. The first-order chi connectivity index (χ1) is 12.0. The van der Waals surface area contributed by atoms with Gasteiger partial charge in [0.1, 0.15) is 0 Å². The highest BCUT2D eigenvalue weighted by atomic mass is 16.3. The molecule has 1 aromatic carbocycles. The van der Waals surface area contributed by atoms with Crippen molar-refractivity contribution in [1.29, 1.82) is 0 Å². The molecule has 2 heterocycles. The number of benzene rings is 1. The summed E-state index contributed by atoms with van der Waals surface area (Å²) < 4.78 is 0. The highest BCUT2D eigenvalue weighted by molar-refractivity contribution is 5.48. The van der Waals surface area contributed by atoms with Crippen molar-refractivity contribution in [2.24, 2.45) is 0 Å². The monoisotopic (exact) mass is 342 g/mol. The van der Waals surface area contributed by atoms with Gasteiger partial charge in [-0.1, -0.05) is 12.1 Å². The number of hydrogen-bond donors (Lipinski definition) is 3. The molecule has 2 aromatic rings. The summed E-state index contributed by atoms with van der Waals surface area (Å²) in [6.45, 7) is 8.32. The zero-order valence-corrected chi connectivity index (χ0v) is 15.5. The van der Waals surface area contributed by atoms with E-state index in [1.165, 1.54) is 11.3 Å². The molecule has 1 saturated heterocycles. The average Bonchev–Trinajstić information content (AvgIpc) is 3.00. The number of H-pyrrole nitrogens is 1. The van der Waals surface area contributed by atoms with Crippen molar-refractivity contribution in [2.75, 3.05) is 18.0 Å². The second-order valence-corrected chi connectivity index (χ2v) is 7.35. The van der Waals surface area contributed by atoms with Crippen molar-refractivity contribution in [3.63, 3.8) is 0 Å². The third-order valence-electron chi connectivity index (χ3n) is 5.03. The number of nitrogens with zero attached hydrogens (tertiary/aromatic N) is 2. The lowest BCUT2D eigenvalue weighted by atomic mass is 10.0. The van der Waals surface area contributed by atoms with Gasteiger partial charge in [0, 0.05) is 43.0 Å². The number of aryl methyl sites for hydroxylation is 1. The maximum Gasteiger partial charge on any atom is 0.0640 e. The third kappa shape index (κ3) is 4.83. The number of anilines is 1. The Kier molecular flexibility index (Phi) is 5.76. The van der Waals surface area contributed by atoms with Gasteiger partial charge in [0.15, 0.2) is 0 Å². The molecule has 1 aromatic heterocycles. The van der Waals surface area contributed by atoms with E-state index in [9.17, 15) is 5.11 Å². The topological polar surface area (TPSA) is 64.2 Å². The predicted molar refractivity (Wildman–Crippen MR) is 102 cm³/mol. The van der Waals surface area contributed by atoms with Gasteiger partial charge in [0.2, 0.25) is 0 Å². The molecule has 0 spiro atoms. The Labute approximate surface area is 150 Å². The Morgan fingerprint density at radius 3 is 2.52 bits per heavy atom. The minimum atomic E-state index is -0.125. The number of aromatic amines is 1. The minimum Gasteiger partial charge on any atom is -0.393 e. The lowest BCUT2D eigenvalue weighted by Gasteiger charge is -2.31. The van der Waals surface area contributed by atoms with Crippen LogP contribution in [0.5, 0.6) is 0 Å². The van der Waals surface area contributed by atoms with E-state index in [4.69, 9.17) is 0 Å². The normalized spacial score (nSPS) is 18.3. The van der Waals surface area contributed by atoms with Crippen LogP contribution in [0.2, 0.25) is 0 Å². The molecule has 1 fully saturated rings. The summed E-state index contributed by atoms with van der Waals surface area (Å²) in [4.78, 5) is 2.36. The van der Waals surface area contributed by atoms with E-state index < -0.39 is 0 Å². The number of hydrogen-bond acceptors (Lipinski definition) is 4. The smallest absolute Gasteiger partial charge is 0.0640 e. The Morgan fingerprint density at radius 2 is 1.92 bits per heavy atom. The van der Waals surface area contributed by atoms with Crippen LogP contribution in [-0.4, -0.2) is 40.5 Å². The number of piperidine rings is 1. The Balaban J connectivity index is 1.54. The van der Waals surface area contributed by atoms with Gasteiger partial charge in [0.25, 0.3) is 0 Å². The van der Waals surface area contributed by atoms with Crippen molar-refractivity contribution < 1.29 is 5.11 Å². The van der Waals surface area contributed by atoms with Crippen LogP contribution in [-0.2, 0) is 6.42 Å². The number of aromatic nitrogens is 2. The number of aliphatic hydroxyl groups is 1. The SMILES string of the molecule is Cc1cc(CC(C)NC(C)c2ccc(N3CCC(O)CC3)cc2)n[nH]1. The third-order valence-corrected chi connectivity index (χ3v) is 5.03. The summed E-state index contributed by atoms with van der Waals surface area (Å²) in [6, 6.07) is 11.6. The average molecular weight is 342 g/mol. The fourth-order valence-electron chi connectivity index (χ4n) is 3.57. The highest BCUT2D eigenvalue weighted by Gasteiger charge is 2.17. The summed E-state index contributed by atoms with van der Waals surface area (Å²) in [5.74, 6) is 0. The summed E-state index contributed by atoms with van der Waals surface area (Å²) in [7, 11) is 0. The summed E-state index contributed by atoms with van der Waals surface area (Å²) >= 11 is 0. The molecule has 0 aliphatic carbocycles. The molecule has 2 atom stereocenters. The number of rotatable bonds is 6.